The van der Waals surface area contributed by atoms with E-state index in [1.165, 1.54) is 15.8 Å². The van der Waals surface area contributed by atoms with E-state index in [9.17, 15) is 9.90 Å². The molecular formula is C29H38ClNO2S. The summed E-state index contributed by atoms with van der Waals surface area (Å²) < 4.78 is 2.34. The Kier molecular flexibility index (Phi) is 8.14. The van der Waals surface area contributed by atoms with Gasteiger partial charge in [0.25, 0.3) is 0 Å². The summed E-state index contributed by atoms with van der Waals surface area (Å²) in [6.07, 6.45) is 1.70. The molecule has 3 nitrogen and oxygen atoms in total. The van der Waals surface area contributed by atoms with Crippen molar-refractivity contribution in [2.45, 2.75) is 89.8 Å². The average molecular weight is 500 g/mol. The Morgan fingerprint density at radius 2 is 1.68 bits per heavy atom. The van der Waals surface area contributed by atoms with Gasteiger partial charge in [-0.05, 0) is 54.2 Å². The minimum Gasteiger partial charge on any atom is -0.481 e. The van der Waals surface area contributed by atoms with Gasteiger partial charge in [0.05, 0.1) is 5.41 Å². The predicted octanol–water partition coefficient (Wildman–Crippen LogP) is 8.79. The number of rotatable bonds is 9. The van der Waals surface area contributed by atoms with Gasteiger partial charge in [0.1, 0.15) is 0 Å². The monoisotopic (exact) mass is 499 g/mol. The van der Waals surface area contributed by atoms with Crippen molar-refractivity contribution in [2.24, 2.45) is 5.41 Å². The van der Waals surface area contributed by atoms with Crippen molar-refractivity contribution < 1.29 is 9.90 Å². The Bertz CT molecular complexity index is 1150. The minimum atomic E-state index is -0.791. The van der Waals surface area contributed by atoms with E-state index in [1.54, 1.807) is 0 Å². The number of halogens is 1. The third-order valence-corrected chi connectivity index (χ3v) is 8.31. The van der Waals surface area contributed by atoms with Crippen LogP contribution in [0.2, 0.25) is 5.02 Å². The Morgan fingerprint density at radius 3 is 2.18 bits per heavy atom. The molecule has 0 amide bonds. The highest BCUT2D eigenvalue weighted by molar-refractivity contribution is 8.00. The fraction of sp³-hybridized carbons (Fsp3) is 0.483. The molecule has 34 heavy (non-hydrogen) atoms. The van der Waals surface area contributed by atoms with Crippen LogP contribution in [0.25, 0.3) is 10.9 Å². The molecule has 2 aromatic carbocycles. The van der Waals surface area contributed by atoms with Crippen LogP contribution in [-0.4, -0.2) is 20.4 Å². The second-order valence-corrected chi connectivity index (χ2v) is 12.9. The van der Waals surface area contributed by atoms with Gasteiger partial charge in [-0.15, -0.1) is 11.8 Å². The number of aromatic nitrogens is 1. The Hall–Kier alpha value is -1.91. The van der Waals surface area contributed by atoms with Gasteiger partial charge in [0.15, 0.2) is 0 Å². The summed E-state index contributed by atoms with van der Waals surface area (Å²) in [6.45, 7) is 15.8. The average Bonchev–Trinajstić information content (AvgIpc) is 3.03. The molecule has 3 rings (SSSR count). The fourth-order valence-electron chi connectivity index (χ4n) is 4.50. The molecule has 5 heteroatoms. The molecule has 0 unspecified atom stereocenters. The largest absolute Gasteiger partial charge is 0.481 e. The van der Waals surface area contributed by atoms with E-state index in [1.807, 2.05) is 37.7 Å². The second kappa shape index (κ2) is 10.4. The number of thioether (sulfide) groups is 1. The topological polar surface area (TPSA) is 42.2 Å². The highest BCUT2D eigenvalue weighted by atomic mass is 35.5. The summed E-state index contributed by atoms with van der Waals surface area (Å²) in [6, 6.07) is 14.7. The van der Waals surface area contributed by atoms with Crippen molar-refractivity contribution >= 4 is 40.2 Å². The van der Waals surface area contributed by atoms with Gasteiger partial charge in [-0.1, -0.05) is 78.3 Å². The molecule has 0 saturated carbocycles. The highest BCUT2D eigenvalue weighted by Crippen LogP contribution is 2.45. The van der Waals surface area contributed by atoms with Gasteiger partial charge in [0, 0.05) is 44.2 Å². The molecule has 0 radical (unpaired) electrons. The first-order chi connectivity index (χ1) is 15.9. The van der Waals surface area contributed by atoms with Crippen molar-refractivity contribution in [3.63, 3.8) is 0 Å². The SMILES string of the molecule is CCC(CC)(Cc1c(SC(C)(C)C)c2cc(C(C)C)ccc2n1Cc1ccc(Cl)cc1)C(=O)O. The number of hydrogen-bond donors (Lipinski definition) is 1. The van der Waals surface area contributed by atoms with E-state index in [4.69, 9.17) is 11.6 Å². The maximum Gasteiger partial charge on any atom is 0.310 e. The highest BCUT2D eigenvalue weighted by Gasteiger charge is 2.38. The van der Waals surface area contributed by atoms with Crippen molar-refractivity contribution in [1.29, 1.82) is 0 Å². The van der Waals surface area contributed by atoms with Gasteiger partial charge in [-0.2, -0.15) is 0 Å². The standard InChI is InChI=1S/C29H38ClNO2S/c1-8-29(9-2,27(32)33)17-25-26(34-28(5,6)7)23-16-21(19(3)4)12-15-24(23)31(25)18-20-10-13-22(30)14-11-20/h10-16,19H,8-9,17-18H2,1-7H3,(H,32,33). The molecule has 1 N–H and O–H groups in total. The molecule has 0 atom stereocenters. The molecule has 0 aliphatic carbocycles. The van der Waals surface area contributed by atoms with Crippen molar-refractivity contribution in [2.75, 3.05) is 0 Å². The number of aliphatic carboxylic acids is 1. The minimum absolute atomic E-state index is 0.00765. The van der Waals surface area contributed by atoms with Gasteiger partial charge < -0.3 is 9.67 Å². The molecule has 0 saturated heterocycles. The number of hydrogen-bond acceptors (Lipinski definition) is 2. The number of carboxylic acid groups (broad SMARTS) is 1. The summed E-state index contributed by atoms with van der Waals surface area (Å²) in [7, 11) is 0. The van der Waals surface area contributed by atoms with Gasteiger partial charge >= 0.3 is 5.97 Å². The van der Waals surface area contributed by atoms with Crippen LogP contribution < -0.4 is 0 Å². The van der Waals surface area contributed by atoms with Crippen LogP contribution in [-0.2, 0) is 17.8 Å². The maximum atomic E-state index is 12.5. The van der Waals surface area contributed by atoms with E-state index in [0.29, 0.717) is 36.7 Å². The Morgan fingerprint density at radius 1 is 1.06 bits per heavy atom. The molecule has 1 aromatic heterocycles. The van der Waals surface area contributed by atoms with E-state index < -0.39 is 11.4 Å². The summed E-state index contributed by atoms with van der Waals surface area (Å²) in [4.78, 5) is 13.7. The van der Waals surface area contributed by atoms with Gasteiger partial charge in [0.2, 0.25) is 0 Å². The summed E-state index contributed by atoms with van der Waals surface area (Å²) >= 11 is 8.00. The quantitative estimate of drug-likeness (QED) is 0.299. The first-order valence-electron chi connectivity index (χ1n) is 12.2. The van der Waals surface area contributed by atoms with Crippen molar-refractivity contribution in [3.05, 3.63) is 64.3 Å². The van der Waals surface area contributed by atoms with E-state index in [2.05, 4.69) is 69.5 Å². The molecule has 184 valence electrons. The zero-order valence-corrected chi connectivity index (χ0v) is 23.1. The Balaban J connectivity index is 2.33. The van der Waals surface area contributed by atoms with Gasteiger partial charge in [-0.3, -0.25) is 4.79 Å². The Labute approximate surface area is 213 Å². The third-order valence-electron chi connectivity index (χ3n) is 6.79. The first kappa shape index (κ1) is 26.7. The predicted molar refractivity (Wildman–Crippen MR) is 147 cm³/mol. The fourth-order valence-corrected chi connectivity index (χ4v) is 5.81. The molecule has 0 spiro atoms. The van der Waals surface area contributed by atoms with E-state index >= 15 is 0 Å². The van der Waals surface area contributed by atoms with Crippen LogP contribution in [0.3, 0.4) is 0 Å². The molecule has 0 aliphatic rings. The summed E-state index contributed by atoms with van der Waals surface area (Å²) in [5.74, 6) is -0.292. The second-order valence-electron chi connectivity index (χ2n) is 10.6. The lowest BCUT2D eigenvalue weighted by Crippen LogP contribution is -2.33. The zero-order valence-electron chi connectivity index (χ0n) is 21.5. The lowest BCUT2D eigenvalue weighted by atomic mass is 9.78. The van der Waals surface area contributed by atoms with Gasteiger partial charge in [-0.25, -0.2) is 0 Å². The number of fused-ring (bicyclic) bond motifs is 1. The number of carbonyl (C=O) groups is 1. The maximum absolute atomic E-state index is 12.5. The summed E-state index contributed by atoms with van der Waals surface area (Å²) in [5, 5.41) is 12.2. The van der Waals surface area contributed by atoms with E-state index in [0.717, 1.165) is 16.8 Å². The molecular weight excluding hydrogens is 462 g/mol. The lowest BCUT2D eigenvalue weighted by molar-refractivity contribution is -0.149. The van der Waals surface area contributed by atoms with Crippen LogP contribution in [0.15, 0.2) is 47.4 Å². The molecule has 0 fully saturated rings. The smallest absolute Gasteiger partial charge is 0.310 e. The normalized spacial score (nSPS) is 12.6. The van der Waals surface area contributed by atoms with Crippen LogP contribution in [0.4, 0.5) is 0 Å². The van der Waals surface area contributed by atoms with Crippen molar-refractivity contribution in [3.8, 4) is 0 Å². The van der Waals surface area contributed by atoms with Crippen LogP contribution in [0.5, 0.6) is 0 Å². The summed E-state index contributed by atoms with van der Waals surface area (Å²) in [5.41, 5.74) is 3.94. The number of carboxylic acids is 1. The van der Waals surface area contributed by atoms with E-state index in [-0.39, 0.29) is 4.75 Å². The molecule has 3 aromatic rings. The number of benzene rings is 2. The molecule has 1 heterocycles. The first-order valence-corrected chi connectivity index (χ1v) is 13.4. The molecule has 0 aliphatic heterocycles. The van der Waals surface area contributed by atoms with Crippen LogP contribution >= 0.6 is 23.4 Å². The van der Waals surface area contributed by atoms with Crippen LogP contribution in [0.1, 0.15) is 84.0 Å². The third kappa shape index (κ3) is 5.66. The van der Waals surface area contributed by atoms with Crippen LogP contribution in [0, 0.1) is 5.41 Å². The van der Waals surface area contributed by atoms with Crippen molar-refractivity contribution in [1.82, 2.24) is 4.57 Å². The zero-order chi connectivity index (χ0) is 25.3. The lowest BCUT2D eigenvalue weighted by Gasteiger charge is -2.29. The number of nitrogens with zero attached hydrogens (tertiary/aromatic N) is 1. The molecule has 0 bridgehead atoms.